The summed E-state index contributed by atoms with van der Waals surface area (Å²) in [5, 5.41) is 11.0. The average Bonchev–Trinajstić information content (AvgIpc) is 2.67. The van der Waals surface area contributed by atoms with E-state index in [2.05, 4.69) is 0 Å². The zero-order chi connectivity index (χ0) is 15.1. The molecule has 0 fully saturated rings. The minimum atomic E-state index is -4.61. The van der Waals surface area contributed by atoms with E-state index in [0.29, 0.717) is 17.5 Å². The van der Waals surface area contributed by atoms with Gasteiger partial charge in [-0.15, -0.1) is 0 Å². The zero-order valence-electron chi connectivity index (χ0n) is 10.7. The summed E-state index contributed by atoms with van der Waals surface area (Å²) in [4.78, 5) is 10.2. The van der Waals surface area contributed by atoms with Gasteiger partial charge in [-0.1, -0.05) is 0 Å². The Bertz CT molecular complexity index is 655. The molecule has 106 valence electrons. The second-order valence-electron chi connectivity index (χ2n) is 4.41. The van der Waals surface area contributed by atoms with Crippen LogP contribution >= 0.6 is 0 Å². The van der Waals surface area contributed by atoms with Crippen LogP contribution in [-0.4, -0.2) is 9.49 Å². The van der Waals surface area contributed by atoms with Gasteiger partial charge in [-0.25, -0.2) is 0 Å². The average molecular weight is 284 g/mol. The Morgan fingerprint density at radius 2 is 1.65 bits per heavy atom. The molecule has 4 nitrogen and oxygen atoms in total. The Labute approximate surface area is 112 Å². The molecule has 0 aliphatic rings. The second-order valence-corrected chi connectivity index (χ2v) is 4.41. The first kappa shape index (κ1) is 14.1. The number of aromatic nitrogens is 1. The van der Waals surface area contributed by atoms with Gasteiger partial charge >= 0.3 is 6.18 Å². The Kier molecular flexibility index (Phi) is 3.29. The van der Waals surface area contributed by atoms with Crippen molar-refractivity contribution >= 4 is 5.69 Å². The van der Waals surface area contributed by atoms with E-state index >= 15 is 0 Å². The lowest BCUT2D eigenvalue weighted by atomic mass is 10.1. The van der Waals surface area contributed by atoms with Crippen LogP contribution in [0.1, 0.15) is 17.0 Å². The van der Waals surface area contributed by atoms with Gasteiger partial charge in [0.1, 0.15) is 5.69 Å². The normalized spacial score (nSPS) is 11.7. The topological polar surface area (TPSA) is 48.1 Å². The molecule has 1 aromatic heterocycles. The maximum Gasteiger partial charge on any atom is 0.416 e. The summed E-state index contributed by atoms with van der Waals surface area (Å²) in [6.07, 6.45) is -4.61. The van der Waals surface area contributed by atoms with Crippen LogP contribution in [0, 0.1) is 24.0 Å². The quantitative estimate of drug-likeness (QED) is 0.617. The van der Waals surface area contributed by atoms with Gasteiger partial charge in [-0.2, -0.15) is 13.2 Å². The molecular weight excluding hydrogens is 273 g/mol. The third kappa shape index (κ3) is 2.38. The number of hydrogen-bond acceptors (Lipinski definition) is 2. The van der Waals surface area contributed by atoms with Crippen LogP contribution in [0.25, 0.3) is 5.69 Å². The van der Waals surface area contributed by atoms with Crippen LogP contribution in [0.4, 0.5) is 18.9 Å². The molecule has 0 radical (unpaired) electrons. The van der Waals surface area contributed by atoms with Gasteiger partial charge in [-0.3, -0.25) is 10.1 Å². The SMILES string of the molecule is Cc1ccc(C)n1-c1ccc(C(F)(F)F)cc1[N+](=O)[O-]. The largest absolute Gasteiger partial charge is 0.416 e. The van der Waals surface area contributed by atoms with Gasteiger partial charge in [0.15, 0.2) is 0 Å². The van der Waals surface area contributed by atoms with Crippen LogP contribution in [-0.2, 0) is 6.18 Å². The summed E-state index contributed by atoms with van der Waals surface area (Å²) in [5.74, 6) is 0. The maximum atomic E-state index is 12.6. The molecule has 0 aliphatic heterocycles. The second kappa shape index (κ2) is 4.66. The number of benzene rings is 1. The van der Waals surface area contributed by atoms with E-state index < -0.39 is 22.4 Å². The number of rotatable bonds is 2. The van der Waals surface area contributed by atoms with Gasteiger partial charge in [0.25, 0.3) is 5.69 Å². The van der Waals surface area contributed by atoms with Gasteiger partial charge in [0.2, 0.25) is 0 Å². The summed E-state index contributed by atoms with van der Waals surface area (Å²) in [7, 11) is 0. The van der Waals surface area contributed by atoms with E-state index in [1.54, 1.807) is 30.5 Å². The van der Waals surface area contributed by atoms with E-state index in [0.717, 1.165) is 12.1 Å². The highest BCUT2D eigenvalue weighted by Crippen LogP contribution is 2.35. The van der Waals surface area contributed by atoms with Crippen molar-refractivity contribution in [2.24, 2.45) is 0 Å². The molecule has 0 N–H and O–H groups in total. The van der Waals surface area contributed by atoms with Crippen LogP contribution < -0.4 is 0 Å². The molecule has 0 saturated carbocycles. The molecule has 0 atom stereocenters. The third-order valence-corrected chi connectivity index (χ3v) is 3.01. The highest BCUT2D eigenvalue weighted by molar-refractivity contribution is 5.56. The molecule has 7 heteroatoms. The number of nitrogens with zero attached hydrogens (tertiary/aromatic N) is 2. The zero-order valence-corrected chi connectivity index (χ0v) is 10.7. The predicted octanol–water partition coefficient (Wildman–Crippen LogP) is 4.02. The molecule has 1 heterocycles. The molecule has 0 aliphatic carbocycles. The molecule has 0 amide bonds. The Morgan fingerprint density at radius 1 is 1.10 bits per heavy atom. The lowest BCUT2D eigenvalue weighted by molar-refractivity contribution is -0.384. The number of alkyl halides is 3. The fourth-order valence-corrected chi connectivity index (χ4v) is 2.08. The smallest absolute Gasteiger partial charge is 0.313 e. The van der Waals surface area contributed by atoms with Crippen molar-refractivity contribution in [2.45, 2.75) is 20.0 Å². The Morgan fingerprint density at radius 3 is 2.10 bits per heavy atom. The van der Waals surface area contributed by atoms with E-state index in [-0.39, 0.29) is 5.69 Å². The first-order valence-electron chi connectivity index (χ1n) is 5.73. The third-order valence-electron chi connectivity index (χ3n) is 3.01. The van der Waals surface area contributed by atoms with E-state index in [9.17, 15) is 23.3 Å². The fourth-order valence-electron chi connectivity index (χ4n) is 2.08. The molecule has 0 unspecified atom stereocenters. The van der Waals surface area contributed by atoms with Crippen molar-refractivity contribution in [3.8, 4) is 5.69 Å². The molecule has 1 aromatic carbocycles. The van der Waals surface area contributed by atoms with E-state index in [4.69, 9.17) is 0 Å². The summed E-state index contributed by atoms with van der Waals surface area (Å²) in [6.45, 7) is 3.46. The van der Waals surface area contributed by atoms with Crippen molar-refractivity contribution < 1.29 is 18.1 Å². The first-order chi connectivity index (χ1) is 9.21. The van der Waals surface area contributed by atoms with Crippen LogP contribution in [0.5, 0.6) is 0 Å². The minimum Gasteiger partial charge on any atom is -0.313 e. The molecule has 0 saturated heterocycles. The van der Waals surface area contributed by atoms with Crippen molar-refractivity contribution in [1.29, 1.82) is 0 Å². The number of hydrogen-bond donors (Lipinski definition) is 0. The maximum absolute atomic E-state index is 12.6. The van der Waals surface area contributed by atoms with Gasteiger partial charge in [0.05, 0.1) is 10.5 Å². The summed E-state index contributed by atoms with van der Waals surface area (Å²) in [6, 6.07) is 6.03. The van der Waals surface area contributed by atoms with Crippen molar-refractivity contribution in [1.82, 2.24) is 4.57 Å². The summed E-state index contributed by atoms with van der Waals surface area (Å²) < 4.78 is 39.5. The fraction of sp³-hybridized carbons (Fsp3) is 0.231. The van der Waals surface area contributed by atoms with Crippen LogP contribution in [0.15, 0.2) is 30.3 Å². The monoisotopic (exact) mass is 284 g/mol. The standard InChI is InChI=1S/C13H11F3N2O2/c1-8-3-4-9(2)17(8)11-6-5-10(13(14,15)16)7-12(11)18(19)20/h3-7H,1-2H3. The van der Waals surface area contributed by atoms with Gasteiger partial charge < -0.3 is 4.57 Å². The molecule has 20 heavy (non-hydrogen) atoms. The lowest BCUT2D eigenvalue weighted by Crippen LogP contribution is -2.08. The Balaban J connectivity index is 2.69. The highest BCUT2D eigenvalue weighted by Gasteiger charge is 2.33. The first-order valence-corrected chi connectivity index (χ1v) is 5.73. The van der Waals surface area contributed by atoms with E-state index in [1.807, 2.05) is 0 Å². The van der Waals surface area contributed by atoms with Crippen molar-refractivity contribution in [3.63, 3.8) is 0 Å². The molecule has 2 aromatic rings. The molecule has 0 bridgehead atoms. The van der Waals surface area contributed by atoms with Crippen LogP contribution in [0.2, 0.25) is 0 Å². The molecular formula is C13H11F3N2O2. The molecule has 0 spiro atoms. The summed E-state index contributed by atoms with van der Waals surface area (Å²) >= 11 is 0. The van der Waals surface area contributed by atoms with E-state index in [1.165, 1.54) is 0 Å². The van der Waals surface area contributed by atoms with Gasteiger partial charge in [0, 0.05) is 17.5 Å². The predicted molar refractivity (Wildman–Crippen MR) is 66.9 cm³/mol. The van der Waals surface area contributed by atoms with Gasteiger partial charge in [-0.05, 0) is 38.1 Å². The van der Waals surface area contributed by atoms with Crippen molar-refractivity contribution in [2.75, 3.05) is 0 Å². The number of halogens is 3. The van der Waals surface area contributed by atoms with Crippen molar-refractivity contribution in [3.05, 3.63) is 57.4 Å². The number of nitro groups is 1. The Hall–Kier alpha value is -2.31. The number of nitro benzene ring substituents is 1. The molecule has 2 rings (SSSR count). The summed E-state index contributed by atoms with van der Waals surface area (Å²) in [5.41, 5.74) is -0.0450. The van der Waals surface area contributed by atoms with Crippen LogP contribution in [0.3, 0.4) is 0 Å². The minimum absolute atomic E-state index is 0.128. The highest BCUT2D eigenvalue weighted by atomic mass is 19.4. The number of aryl methyl sites for hydroxylation is 2. The lowest BCUT2D eigenvalue weighted by Gasteiger charge is -2.12.